The highest BCUT2D eigenvalue weighted by molar-refractivity contribution is 5.77. The monoisotopic (exact) mass is 286 g/mol. The van der Waals surface area contributed by atoms with Crippen LogP contribution in [-0.2, 0) is 0 Å². The molecular formula is C18H26N2O. The van der Waals surface area contributed by atoms with Gasteiger partial charge < -0.3 is 14.6 Å². The van der Waals surface area contributed by atoms with E-state index in [9.17, 15) is 0 Å². The Labute approximate surface area is 127 Å². The summed E-state index contributed by atoms with van der Waals surface area (Å²) in [6.07, 6.45) is 4.04. The molecule has 3 rings (SSSR count). The molecule has 3 nitrogen and oxygen atoms in total. The van der Waals surface area contributed by atoms with Crippen LogP contribution in [0.4, 0.5) is 0 Å². The minimum absolute atomic E-state index is 0.266. The van der Waals surface area contributed by atoms with Crippen molar-refractivity contribution in [3.63, 3.8) is 0 Å². The van der Waals surface area contributed by atoms with Gasteiger partial charge in [0.2, 0.25) is 0 Å². The highest BCUT2D eigenvalue weighted by Gasteiger charge is 2.26. The van der Waals surface area contributed by atoms with E-state index in [1.165, 1.54) is 37.7 Å². The van der Waals surface area contributed by atoms with Crippen LogP contribution in [0.2, 0.25) is 0 Å². The van der Waals surface area contributed by atoms with Gasteiger partial charge >= 0.3 is 0 Å². The predicted molar refractivity (Wildman–Crippen MR) is 87.5 cm³/mol. The van der Waals surface area contributed by atoms with Gasteiger partial charge in [-0.1, -0.05) is 25.1 Å². The molecule has 0 radical (unpaired) electrons. The largest absolute Gasteiger partial charge is 0.459 e. The van der Waals surface area contributed by atoms with Gasteiger partial charge in [0.1, 0.15) is 11.3 Å². The average Bonchev–Trinajstić information content (AvgIpc) is 3.20. The molecule has 1 aromatic carbocycles. The Balaban J connectivity index is 1.72. The van der Waals surface area contributed by atoms with E-state index < -0.39 is 0 Å². The molecule has 1 heterocycles. The number of hydrogen-bond donors (Lipinski definition) is 1. The Morgan fingerprint density at radius 1 is 1.33 bits per heavy atom. The van der Waals surface area contributed by atoms with Crippen molar-refractivity contribution in [3.8, 4) is 0 Å². The average molecular weight is 286 g/mol. The lowest BCUT2D eigenvalue weighted by Crippen LogP contribution is -2.35. The van der Waals surface area contributed by atoms with Crippen molar-refractivity contribution in [2.24, 2.45) is 5.92 Å². The molecule has 1 aliphatic carbocycles. The van der Waals surface area contributed by atoms with Crippen molar-refractivity contribution in [2.45, 2.75) is 32.2 Å². The molecule has 1 aliphatic rings. The number of benzene rings is 1. The Morgan fingerprint density at radius 3 is 2.81 bits per heavy atom. The molecule has 1 aromatic heterocycles. The lowest BCUT2D eigenvalue weighted by atomic mass is 10.1. The Hall–Kier alpha value is -1.32. The topological polar surface area (TPSA) is 28.4 Å². The van der Waals surface area contributed by atoms with Gasteiger partial charge in [-0.2, -0.15) is 0 Å². The van der Waals surface area contributed by atoms with Gasteiger partial charge in [0.15, 0.2) is 0 Å². The number of likely N-dealkylation sites (N-methyl/N-ethyl adjacent to an activating group) is 1. The van der Waals surface area contributed by atoms with Crippen LogP contribution >= 0.6 is 0 Å². The van der Waals surface area contributed by atoms with Gasteiger partial charge in [-0.15, -0.1) is 0 Å². The highest BCUT2D eigenvalue weighted by atomic mass is 16.3. The molecule has 0 amide bonds. The van der Waals surface area contributed by atoms with Crippen LogP contribution in [0.5, 0.6) is 0 Å². The van der Waals surface area contributed by atoms with Gasteiger partial charge in [0.25, 0.3) is 0 Å². The highest BCUT2D eigenvalue weighted by Crippen LogP contribution is 2.31. The normalized spacial score (nSPS) is 16.7. The molecule has 1 unspecified atom stereocenters. The maximum Gasteiger partial charge on any atom is 0.134 e. The fourth-order valence-corrected chi connectivity index (χ4v) is 2.99. The van der Waals surface area contributed by atoms with Gasteiger partial charge in [-0.3, -0.25) is 0 Å². The van der Waals surface area contributed by atoms with Crippen LogP contribution in [0.15, 0.2) is 34.7 Å². The second kappa shape index (κ2) is 6.63. The maximum absolute atomic E-state index is 6.03. The molecule has 1 fully saturated rings. The van der Waals surface area contributed by atoms with Gasteiger partial charge in [-0.25, -0.2) is 0 Å². The van der Waals surface area contributed by atoms with Crippen LogP contribution in [0.3, 0.4) is 0 Å². The van der Waals surface area contributed by atoms with Crippen molar-refractivity contribution >= 4 is 11.0 Å². The fraction of sp³-hybridized carbons (Fsp3) is 0.556. The Kier molecular flexibility index (Phi) is 4.61. The van der Waals surface area contributed by atoms with E-state index in [4.69, 9.17) is 4.42 Å². The Bertz CT molecular complexity index is 540. The minimum Gasteiger partial charge on any atom is -0.459 e. The summed E-state index contributed by atoms with van der Waals surface area (Å²) in [5.74, 6) is 1.99. The molecular weight excluding hydrogens is 260 g/mol. The van der Waals surface area contributed by atoms with E-state index in [1.807, 2.05) is 19.2 Å². The minimum atomic E-state index is 0.266. The van der Waals surface area contributed by atoms with Crippen LogP contribution < -0.4 is 5.32 Å². The number of furan rings is 1. The number of fused-ring (bicyclic) bond motifs is 1. The van der Waals surface area contributed by atoms with Crippen LogP contribution in [0.25, 0.3) is 11.0 Å². The molecule has 0 aliphatic heterocycles. The lowest BCUT2D eigenvalue weighted by molar-refractivity contribution is 0.227. The lowest BCUT2D eigenvalue weighted by Gasteiger charge is -2.26. The first-order valence-electron chi connectivity index (χ1n) is 8.18. The summed E-state index contributed by atoms with van der Waals surface area (Å²) in [5, 5.41) is 4.62. The summed E-state index contributed by atoms with van der Waals surface area (Å²) in [4.78, 5) is 2.59. The molecule has 0 spiro atoms. The van der Waals surface area contributed by atoms with Crippen molar-refractivity contribution < 1.29 is 4.42 Å². The molecule has 1 N–H and O–H groups in total. The van der Waals surface area contributed by atoms with Gasteiger partial charge in [-0.05, 0) is 50.9 Å². The standard InChI is InChI=1S/C18H26N2O/c1-3-10-20(12-14-8-9-14)13-16(19-2)18-11-15-6-4-5-7-17(15)21-18/h4-7,11,14,16,19H,3,8-10,12-13H2,1-2H3. The summed E-state index contributed by atoms with van der Waals surface area (Å²) < 4.78 is 6.03. The first-order valence-corrected chi connectivity index (χ1v) is 8.18. The third kappa shape index (κ3) is 3.66. The molecule has 3 heteroatoms. The maximum atomic E-state index is 6.03. The first kappa shape index (κ1) is 14.6. The summed E-state index contributed by atoms with van der Waals surface area (Å²) in [6.45, 7) is 5.71. The number of rotatable bonds is 8. The molecule has 114 valence electrons. The first-order chi connectivity index (χ1) is 10.3. The zero-order valence-electron chi connectivity index (χ0n) is 13.1. The third-order valence-electron chi connectivity index (χ3n) is 4.33. The quantitative estimate of drug-likeness (QED) is 0.800. The number of nitrogens with one attached hydrogen (secondary N) is 1. The second-order valence-electron chi connectivity index (χ2n) is 6.23. The van der Waals surface area contributed by atoms with E-state index in [0.29, 0.717) is 0 Å². The van der Waals surface area contributed by atoms with Gasteiger partial charge in [0, 0.05) is 18.5 Å². The summed E-state index contributed by atoms with van der Waals surface area (Å²) in [5.41, 5.74) is 0.983. The Morgan fingerprint density at radius 2 is 2.14 bits per heavy atom. The summed E-state index contributed by atoms with van der Waals surface area (Å²) in [7, 11) is 2.03. The van der Waals surface area contributed by atoms with E-state index in [-0.39, 0.29) is 6.04 Å². The fourth-order valence-electron chi connectivity index (χ4n) is 2.99. The molecule has 21 heavy (non-hydrogen) atoms. The zero-order chi connectivity index (χ0) is 14.7. The molecule has 0 saturated heterocycles. The number of nitrogens with zero attached hydrogens (tertiary/aromatic N) is 1. The van der Waals surface area contributed by atoms with E-state index in [2.05, 4.69) is 35.3 Å². The van der Waals surface area contributed by atoms with Crippen molar-refractivity contribution in [2.75, 3.05) is 26.7 Å². The van der Waals surface area contributed by atoms with Crippen LogP contribution in [0.1, 0.15) is 38.0 Å². The molecule has 0 bridgehead atoms. The van der Waals surface area contributed by atoms with E-state index in [1.54, 1.807) is 0 Å². The zero-order valence-corrected chi connectivity index (χ0v) is 13.1. The smallest absolute Gasteiger partial charge is 0.134 e. The van der Waals surface area contributed by atoms with Crippen molar-refractivity contribution in [1.29, 1.82) is 0 Å². The van der Waals surface area contributed by atoms with E-state index >= 15 is 0 Å². The van der Waals surface area contributed by atoms with Crippen molar-refractivity contribution in [3.05, 3.63) is 36.1 Å². The SMILES string of the molecule is CCCN(CC1CC1)CC(NC)c1cc2ccccc2o1. The summed E-state index contributed by atoms with van der Waals surface area (Å²) in [6, 6.07) is 10.7. The molecule has 1 saturated carbocycles. The van der Waals surface area contributed by atoms with E-state index in [0.717, 1.165) is 23.8 Å². The molecule has 1 atom stereocenters. The second-order valence-corrected chi connectivity index (χ2v) is 6.23. The predicted octanol–water partition coefficient (Wildman–Crippen LogP) is 3.82. The number of para-hydroxylation sites is 1. The van der Waals surface area contributed by atoms with Crippen molar-refractivity contribution in [1.82, 2.24) is 10.2 Å². The third-order valence-corrected chi connectivity index (χ3v) is 4.33. The summed E-state index contributed by atoms with van der Waals surface area (Å²) >= 11 is 0. The van der Waals surface area contributed by atoms with Crippen LogP contribution in [0, 0.1) is 5.92 Å². The van der Waals surface area contributed by atoms with Crippen LogP contribution in [-0.4, -0.2) is 31.6 Å². The van der Waals surface area contributed by atoms with Gasteiger partial charge in [0.05, 0.1) is 6.04 Å². The number of hydrogen-bond acceptors (Lipinski definition) is 3. The molecule has 2 aromatic rings.